The molecule has 0 unspecified atom stereocenters. The van der Waals surface area contributed by atoms with Crippen molar-refractivity contribution >= 4 is 23.0 Å². The summed E-state index contributed by atoms with van der Waals surface area (Å²) in [6, 6.07) is 7.25. The maximum absolute atomic E-state index is 12.5. The molecule has 1 aliphatic carbocycles. The fourth-order valence-corrected chi connectivity index (χ4v) is 3.05. The van der Waals surface area contributed by atoms with E-state index in [2.05, 4.69) is 11.3 Å². The maximum Gasteiger partial charge on any atom is 0.338 e. The minimum Gasteiger partial charge on any atom is -0.591 e. The van der Waals surface area contributed by atoms with Gasteiger partial charge in [-0.25, -0.2) is 4.79 Å². The smallest absolute Gasteiger partial charge is 0.338 e. The molecule has 1 aromatic carbocycles. The van der Waals surface area contributed by atoms with Crippen molar-refractivity contribution in [3.05, 3.63) is 35.4 Å². The Morgan fingerprint density at radius 1 is 1.24 bits per heavy atom. The molecule has 0 saturated heterocycles. The molecule has 0 heterocycles. The zero-order valence-corrected chi connectivity index (χ0v) is 16.7. The van der Waals surface area contributed by atoms with Crippen LogP contribution in [0.25, 0.3) is 0 Å². The molecule has 1 atom stereocenters. The Bertz CT molecular complexity index is 627. The zero-order chi connectivity index (χ0) is 18.7. The lowest BCUT2D eigenvalue weighted by atomic mass is 9.97. The standard InChI is InChI=1S/C20H29NO3S/c1-6-24-18(22)16-9-7-15(8-10-16)17(11-12-20(5)13-14-20)21-25(23)19(2,3)4/h7-10H,6,11-14H2,1-5H3/b21-17+/t25-/m1/s1. The Kier molecular flexibility index (Phi) is 6.33. The second-order valence-electron chi connectivity index (χ2n) is 8.01. The quantitative estimate of drug-likeness (QED) is 0.401. The van der Waals surface area contributed by atoms with E-state index in [0.717, 1.165) is 24.1 Å². The van der Waals surface area contributed by atoms with Crippen molar-refractivity contribution in [1.29, 1.82) is 0 Å². The van der Waals surface area contributed by atoms with Gasteiger partial charge in [0.25, 0.3) is 0 Å². The van der Waals surface area contributed by atoms with Crippen LogP contribution in [-0.2, 0) is 16.1 Å². The van der Waals surface area contributed by atoms with E-state index in [-0.39, 0.29) is 10.7 Å². The highest BCUT2D eigenvalue weighted by Gasteiger charge is 2.37. The topological polar surface area (TPSA) is 61.7 Å². The molecule has 2 rings (SSSR count). The molecule has 0 aliphatic heterocycles. The third kappa shape index (κ3) is 5.86. The summed E-state index contributed by atoms with van der Waals surface area (Å²) < 4.78 is 21.7. The number of carbonyl (C=O) groups is 1. The molecule has 0 N–H and O–H groups in total. The van der Waals surface area contributed by atoms with Gasteiger partial charge in [-0.15, -0.1) is 0 Å². The molecule has 1 saturated carbocycles. The summed E-state index contributed by atoms with van der Waals surface area (Å²) in [5.74, 6) is -0.323. The number of esters is 1. The Labute approximate surface area is 154 Å². The molecule has 1 fully saturated rings. The van der Waals surface area contributed by atoms with Crippen molar-refractivity contribution in [2.24, 2.45) is 9.81 Å². The molecule has 4 nitrogen and oxygen atoms in total. The first kappa shape index (κ1) is 20.0. The third-order valence-corrected chi connectivity index (χ3v) is 5.95. The highest BCUT2D eigenvalue weighted by atomic mass is 32.2. The second kappa shape index (κ2) is 7.92. The van der Waals surface area contributed by atoms with Crippen LogP contribution in [0.2, 0.25) is 0 Å². The van der Waals surface area contributed by atoms with E-state index in [4.69, 9.17) is 4.74 Å². The van der Waals surface area contributed by atoms with Crippen molar-refractivity contribution < 1.29 is 14.1 Å². The first-order valence-corrected chi connectivity index (χ1v) is 10.0. The van der Waals surface area contributed by atoms with Gasteiger partial charge in [0.15, 0.2) is 0 Å². The molecule has 1 aliphatic rings. The van der Waals surface area contributed by atoms with Gasteiger partial charge in [-0.3, -0.25) is 0 Å². The van der Waals surface area contributed by atoms with Gasteiger partial charge in [-0.2, -0.15) is 0 Å². The molecule has 0 aromatic heterocycles. The van der Waals surface area contributed by atoms with Crippen LogP contribution in [0.4, 0.5) is 0 Å². The molecule has 0 spiro atoms. The van der Waals surface area contributed by atoms with E-state index in [1.54, 1.807) is 19.1 Å². The van der Waals surface area contributed by atoms with Crippen molar-refractivity contribution in [1.82, 2.24) is 0 Å². The van der Waals surface area contributed by atoms with E-state index in [0.29, 0.717) is 17.6 Å². The fourth-order valence-electron chi connectivity index (χ4n) is 2.38. The molecule has 0 radical (unpaired) electrons. The van der Waals surface area contributed by atoms with Crippen molar-refractivity contribution in [3.8, 4) is 0 Å². The van der Waals surface area contributed by atoms with Crippen molar-refractivity contribution in [2.45, 2.75) is 65.0 Å². The lowest BCUT2D eigenvalue weighted by molar-refractivity contribution is 0.0526. The van der Waals surface area contributed by atoms with Crippen molar-refractivity contribution in [3.63, 3.8) is 0 Å². The molecule has 25 heavy (non-hydrogen) atoms. The lowest BCUT2D eigenvalue weighted by Gasteiger charge is -2.20. The molecule has 0 amide bonds. The largest absolute Gasteiger partial charge is 0.591 e. The van der Waals surface area contributed by atoms with Crippen LogP contribution in [0.3, 0.4) is 0 Å². The minimum atomic E-state index is -1.30. The van der Waals surface area contributed by atoms with E-state index in [9.17, 15) is 9.35 Å². The summed E-state index contributed by atoms with van der Waals surface area (Å²) in [6.07, 6.45) is 4.36. The highest BCUT2D eigenvalue weighted by Crippen LogP contribution is 2.49. The number of hydrogen-bond donors (Lipinski definition) is 0. The highest BCUT2D eigenvalue weighted by molar-refractivity contribution is 7.91. The summed E-state index contributed by atoms with van der Waals surface area (Å²) >= 11 is -1.30. The summed E-state index contributed by atoms with van der Waals surface area (Å²) in [5, 5.41) is 0. The average Bonchev–Trinajstić information content (AvgIpc) is 3.28. The van der Waals surface area contributed by atoms with Gasteiger partial charge in [0.05, 0.1) is 17.9 Å². The van der Waals surface area contributed by atoms with Gasteiger partial charge in [-0.05, 0) is 70.9 Å². The molecule has 5 heteroatoms. The van der Waals surface area contributed by atoms with Crippen LogP contribution >= 0.6 is 0 Å². The first-order valence-electron chi connectivity index (χ1n) is 8.92. The van der Waals surface area contributed by atoms with Crippen LogP contribution in [0.5, 0.6) is 0 Å². The average molecular weight is 364 g/mol. The third-order valence-electron chi connectivity index (χ3n) is 4.52. The zero-order valence-electron chi connectivity index (χ0n) is 15.9. The van der Waals surface area contributed by atoms with Crippen LogP contribution in [-0.4, -0.2) is 27.6 Å². The Morgan fingerprint density at radius 3 is 2.28 bits per heavy atom. The lowest BCUT2D eigenvalue weighted by Crippen LogP contribution is -2.27. The van der Waals surface area contributed by atoms with E-state index >= 15 is 0 Å². The number of ether oxygens (including phenoxy) is 1. The van der Waals surface area contributed by atoms with Crippen LogP contribution < -0.4 is 0 Å². The van der Waals surface area contributed by atoms with Gasteiger partial charge in [-0.1, -0.05) is 23.5 Å². The number of hydrogen-bond acceptors (Lipinski definition) is 4. The SMILES string of the molecule is CCOC(=O)c1ccc(/C(CCC2(C)CC2)=N/[S@+]([O-])C(C)(C)C)cc1. The van der Waals surface area contributed by atoms with Gasteiger partial charge in [0, 0.05) is 5.56 Å². The van der Waals surface area contributed by atoms with E-state index in [1.165, 1.54) is 12.8 Å². The van der Waals surface area contributed by atoms with Gasteiger partial charge < -0.3 is 9.29 Å². The predicted octanol–water partition coefficient (Wildman–Crippen LogP) is 4.69. The molecular formula is C20H29NO3S. The fraction of sp³-hybridized carbons (Fsp3) is 0.600. The number of rotatable bonds is 7. The van der Waals surface area contributed by atoms with Crippen LogP contribution in [0.1, 0.15) is 76.2 Å². The summed E-state index contributed by atoms with van der Waals surface area (Å²) in [6.45, 7) is 10.2. The van der Waals surface area contributed by atoms with Gasteiger partial charge in [0.1, 0.15) is 16.1 Å². The van der Waals surface area contributed by atoms with Crippen LogP contribution in [0, 0.1) is 5.41 Å². The summed E-state index contributed by atoms with van der Waals surface area (Å²) in [7, 11) is 0. The molecular weight excluding hydrogens is 334 g/mol. The molecule has 1 aromatic rings. The van der Waals surface area contributed by atoms with E-state index in [1.807, 2.05) is 32.9 Å². The Balaban J connectivity index is 2.21. The van der Waals surface area contributed by atoms with Gasteiger partial charge >= 0.3 is 5.97 Å². The summed E-state index contributed by atoms with van der Waals surface area (Å²) in [5.41, 5.74) is 2.72. The molecule has 138 valence electrons. The number of benzene rings is 1. The molecule has 0 bridgehead atoms. The van der Waals surface area contributed by atoms with Crippen molar-refractivity contribution in [2.75, 3.05) is 6.61 Å². The van der Waals surface area contributed by atoms with E-state index < -0.39 is 11.4 Å². The monoisotopic (exact) mass is 363 g/mol. The normalized spacial score (nSPS) is 17.9. The number of nitrogens with zero attached hydrogens (tertiary/aromatic N) is 1. The van der Waals surface area contributed by atoms with Crippen LogP contribution in [0.15, 0.2) is 28.7 Å². The van der Waals surface area contributed by atoms with Gasteiger partial charge in [0.2, 0.25) is 0 Å². The Hall–Kier alpha value is -1.33. The minimum absolute atomic E-state index is 0.323. The predicted molar refractivity (Wildman–Crippen MR) is 103 cm³/mol. The first-order chi connectivity index (χ1) is 11.6. The number of carbonyl (C=O) groups excluding carboxylic acids is 1. The maximum atomic E-state index is 12.5. The summed E-state index contributed by atoms with van der Waals surface area (Å²) in [4.78, 5) is 11.8. The Morgan fingerprint density at radius 2 is 1.80 bits per heavy atom. The second-order valence-corrected chi connectivity index (χ2v) is 9.91.